The number of aromatic nitrogens is 3. The Labute approximate surface area is 151 Å². The van der Waals surface area contributed by atoms with Gasteiger partial charge >= 0.3 is 5.97 Å². The van der Waals surface area contributed by atoms with Crippen LogP contribution < -0.4 is 5.32 Å². The van der Waals surface area contributed by atoms with Crippen molar-refractivity contribution in [2.45, 2.75) is 53.7 Å². The highest BCUT2D eigenvalue weighted by Gasteiger charge is 2.25. The molecule has 0 aromatic carbocycles. The summed E-state index contributed by atoms with van der Waals surface area (Å²) < 4.78 is 6.91. The van der Waals surface area contributed by atoms with Crippen molar-refractivity contribution < 1.29 is 19.1 Å². The topological polar surface area (TPSA) is 106 Å². The number of nitrogens with one attached hydrogen (secondary N) is 2. The van der Waals surface area contributed by atoms with Crippen molar-refractivity contribution in [2.75, 3.05) is 5.32 Å². The molecule has 0 aliphatic carbocycles. The highest BCUT2D eigenvalue weighted by Crippen LogP contribution is 2.20. The van der Waals surface area contributed by atoms with Crippen LogP contribution >= 0.6 is 0 Å². The molecule has 2 heterocycles. The Morgan fingerprint density at radius 3 is 2.42 bits per heavy atom. The molecule has 0 aliphatic heterocycles. The quantitative estimate of drug-likeness (QED) is 0.608. The van der Waals surface area contributed by atoms with Gasteiger partial charge in [-0.2, -0.15) is 5.10 Å². The minimum absolute atomic E-state index is 0.0766. The molecule has 8 heteroatoms. The number of carbonyl (C=O) groups is 3. The summed E-state index contributed by atoms with van der Waals surface area (Å²) in [5.41, 5.74) is 1.76. The average Bonchev–Trinajstić information content (AvgIpc) is 3.11. The van der Waals surface area contributed by atoms with Crippen LogP contribution in [0, 0.1) is 13.8 Å². The van der Waals surface area contributed by atoms with Gasteiger partial charge in [-0.25, -0.2) is 9.48 Å². The molecule has 1 amide bonds. The molecule has 26 heavy (non-hydrogen) atoms. The van der Waals surface area contributed by atoms with Crippen molar-refractivity contribution in [2.24, 2.45) is 0 Å². The van der Waals surface area contributed by atoms with E-state index in [4.69, 9.17) is 4.74 Å². The van der Waals surface area contributed by atoms with Gasteiger partial charge in [-0.1, -0.05) is 0 Å². The molecule has 2 N–H and O–H groups in total. The summed E-state index contributed by atoms with van der Waals surface area (Å²) in [6, 6.07) is 1.75. The summed E-state index contributed by atoms with van der Waals surface area (Å²) in [6.45, 7) is 10.2. The predicted octanol–water partition coefficient (Wildman–Crippen LogP) is 2.80. The monoisotopic (exact) mass is 360 g/mol. The maximum atomic E-state index is 12.4. The van der Waals surface area contributed by atoms with Crippen LogP contribution in [0.15, 0.2) is 12.3 Å². The lowest BCUT2D eigenvalue weighted by molar-refractivity contribution is -0.123. The molecule has 8 nitrogen and oxygen atoms in total. The molecule has 0 fully saturated rings. The third kappa shape index (κ3) is 3.84. The first-order valence-corrected chi connectivity index (χ1v) is 8.38. The number of rotatable bonds is 6. The fraction of sp³-hybridized carbons (Fsp3) is 0.444. The molecule has 0 saturated heterocycles. The maximum absolute atomic E-state index is 12.4. The molecule has 0 saturated carbocycles. The number of H-pyrrole nitrogens is 1. The van der Waals surface area contributed by atoms with Crippen molar-refractivity contribution in [1.82, 2.24) is 14.8 Å². The molecule has 0 aliphatic rings. The summed E-state index contributed by atoms with van der Waals surface area (Å²) in [5.74, 6) is -0.756. The van der Waals surface area contributed by atoms with Gasteiger partial charge in [0.15, 0.2) is 11.9 Å². The van der Waals surface area contributed by atoms with E-state index < -0.39 is 18.0 Å². The summed E-state index contributed by atoms with van der Waals surface area (Å²) in [4.78, 5) is 39.2. The van der Waals surface area contributed by atoms with Crippen molar-refractivity contribution in [3.05, 3.63) is 34.8 Å². The number of anilines is 1. The lowest BCUT2D eigenvalue weighted by atomic mass is 10.1. The molecule has 0 bridgehead atoms. The van der Waals surface area contributed by atoms with Gasteiger partial charge in [0, 0.05) is 23.4 Å². The number of esters is 1. The summed E-state index contributed by atoms with van der Waals surface area (Å²) >= 11 is 0. The van der Waals surface area contributed by atoms with Crippen molar-refractivity contribution >= 4 is 23.5 Å². The number of carbonyl (C=O) groups excluding carboxylic acids is 3. The first kappa shape index (κ1) is 19.4. The Morgan fingerprint density at radius 1 is 1.23 bits per heavy atom. The number of aryl methyl sites for hydroxylation is 1. The van der Waals surface area contributed by atoms with Gasteiger partial charge in [0.1, 0.15) is 11.5 Å². The lowest BCUT2D eigenvalue weighted by Gasteiger charge is -2.15. The van der Waals surface area contributed by atoms with Gasteiger partial charge in [0.2, 0.25) is 0 Å². The molecular weight excluding hydrogens is 336 g/mol. The van der Waals surface area contributed by atoms with Crippen LogP contribution in [0.2, 0.25) is 0 Å². The standard InChI is InChI=1S/C18H24N4O4/c1-9(2)22-14(7-8-19-22)21-17(24)13(6)26-18(25)16-10(3)15(12(5)23)11(4)20-16/h7-9,13,20H,1-6H3,(H,21,24)/t13-/m1/s1. The normalized spacial score (nSPS) is 12.1. The van der Waals surface area contributed by atoms with E-state index >= 15 is 0 Å². The van der Waals surface area contributed by atoms with Crippen LogP contribution in [0.5, 0.6) is 0 Å². The number of Topliss-reactive ketones (excluding diaryl/α,β-unsaturated/α-hetero) is 1. The molecule has 2 rings (SSSR count). The van der Waals surface area contributed by atoms with E-state index in [2.05, 4.69) is 15.4 Å². The van der Waals surface area contributed by atoms with Crippen LogP contribution in [-0.2, 0) is 9.53 Å². The highest BCUT2D eigenvalue weighted by molar-refractivity contribution is 6.02. The molecule has 0 unspecified atom stereocenters. The SMILES string of the molecule is CC(=O)c1c(C)[nH]c(C(=O)O[C@H](C)C(=O)Nc2ccnn2C(C)C)c1C. The van der Waals surface area contributed by atoms with E-state index in [1.807, 2.05) is 13.8 Å². The number of ether oxygens (including phenoxy) is 1. The molecule has 2 aromatic heterocycles. The van der Waals surface area contributed by atoms with E-state index in [-0.39, 0.29) is 17.5 Å². The van der Waals surface area contributed by atoms with Gasteiger partial charge in [-0.3, -0.25) is 9.59 Å². The van der Waals surface area contributed by atoms with Crippen molar-refractivity contribution in [3.8, 4) is 0 Å². The zero-order valence-corrected chi connectivity index (χ0v) is 15.8. The Balaban J connectivity index is 2.09. The van der Waals surface area contributed by atoms with Gasteiger partial charge in [-0.05, 0) is 47.1 Å². The summed E-state index contributed by atoms with van der Waals surface area (Å²) in [5, 5.41) is 6.83. The van der Waals surface area contributed by atoms with Crippen LogP contribution in [0.25, 0.3) is 0 Å². The third-order valence-electron chi connectivity index (χ3n) is 4.06. The fourth-order valence-corrected chi connectivity index (χ4v) is 2.81. The van der Waals surface area contributed by atoms with Crippen molar-refractivity contribution in [3.63, 3.8) is 0 Å². The van der Waals surface area contributed by atoms with Crippen LogP contribution in [0.4, 0.5) is 5.82 Å². The molecule has 2 aromatic rings. The zero-order valence-electron chi connectivity index (χ0n) is 15.8. The Bertz CT molecular complexity index is 847. The number of ketones is 1. The second kappa shape index (κ2) is 7.55. The maximum Gasteiger partial charge on any atom is 0.355 e. The van der Waals surface area contributed by atoms with Crippen molar-refractivity contribution in [1.29, 1.82) is 0 Å². The summed E-state index contributed by atoms with van der Waals surface area (Å²) in [6.07, 6.45) is 0.572. The number of amides is 1. The number of hydrogen-bond acceptors (Lipinski definition) is 5. The molecule has 1 atom stereocenters. The van der Waals surface area contributed by atoms with Crippen LogP contribution in [-0.4, -0.2) is 38.5 Å². The molecular formula is C18H24N4O4. The predicted molar refractivity (Wildman–Crippen MR) is 96.4 cm³/mol. The first-order valence-electron chi connectivity index (χ1n) is 8.38. The smallest absolute Gasteiger partial charge is 0.355 e. The lowest BCUT2D eigenvalue weighted by Crippen LogP contribution is -2.31. The third-order valence-corrected chi connectivity index (χ3v) is 4.06. The second-order valence-corrected chi connectivity index (χ2v) is 6.47. The Hall–Kier alpha value is -2.90. The van der Waals surface area contributed by atoms with E-state index in [1.165, 1.54) is 13.8 Å². The minimum Gasteiger partial charge on any atom is -0.448 e. The average molecular weight is 360 g/mol. The minimum atomic E-state index is -1.01. The van der Waals surface area contributed by atoms with E-state index in [9.17, 15) is 14.4 Å². The largest absolute Gasteiger partial charge is 0.448 e. The van der Waals surface area contributed by atoms with Gasteiger partial charge in [-0.15, -0.1) is 0 Å². The molecule has 0 spiro atoms. The van der Waals surface area contributed by atoms with Crippen LogP contribution in [0.1, 0.15) is 65.8 Å². The van der Waals surface area contributed by atoms with Gasteiger partial charge in [0.25, 0.3) is 5.91 Å². The first-order chi connectivity index (χ1) is 12.1. The Morgan fingerprint density at radius 2 is 1.88 bits per heavy atom. The highest BCUT2D eigenvalue weighted by atomic mass is 16.5. The fourth-order valence-electron chi connectivity index (χ4n) is 2.81. The molecule has 140 valence electrons. The molecule has 0 radical (unpaired) electrons. The van der Waals surface area contributed by atoms with Gasteiger partial charge in [0.05, 0.1) is 6.20 Å². The number of aromatic amines is 1. The van der Waals surface area contributed by atoms with E-state index in [0.717, 1.165) is 0 Å². The zero-order chi connectivity index (χ0) is 19.6. The van der Waals surface area contributed by atoms with Gasteiger partial charge < -0.3 is 15.0 Å². The number of hydrogen-bond donors (Lipinski definition) is 2. The summed E-state index contributed by atoms with van der Waals surface area (Å²) in [7, 11) is 0. The number of nitrogens with zero attached hydrogens (tertiary/aromatic N) is 2. The second-order valence-electron chi connectivity index (χ2n) is 6.47. The van der Waals surface area contributed by atoms with E-state index in [0.29, 0.717) is 22.6 Å². The van der Waals surface area contributed by atoms with E-state index in [1.54, 1.807) is 30.8 Å². The Kier molecular flexibility index (Phi) is 5.64. The van der Waals surface area contributed by atoms with Crippen LogP contribution in [0.3, 0.4) is 0 Å².